The lowest BCUT2D eigenvalue weighted by Gasteiger charge is -2.33. The molecule has 1 N–H and O–H groups in total. The van der Waals surface area contributed by atoms with Crippen molar-refractivity contribution in [2.24, 2.45) is 0 Å². The van der Waals surface area contributed by atoms with Crippen LogP contribution >= 0.6 is 11.3 Å². The first kappa shape index (κ1) is 21.0. The van der Waals surface area contributed by atoms with Gasteiger partial charge < -0.3 is 10.2 Å². The van der Waals surface area contributed by atoms with Crippen molar-refractivity contribution in [1.29, 1.82) is 0 Å². The van der Waals surface area contributed by atoms with Crippen LogP contribution in [0.15, 0.2) is 4.79 Å². The highest BCUT2D eigenvalue weighted by molar-refractivity contribution is 7.20. The predicted octanol–water partition coefficient (Wildman–Crippen LogP) is 3.01. The van der Waals surface area contributed by atoms with Crippen molar-refractivity contribution in [2.75, 3.05) is 13.1 Å². The number of hydrogen-bond acceptors (Lipinski definition) is 5. The minimum Gasteiger partial charge on any atom is -0.352 e. The molecule has 7 nitrogen and oxygen atoms in total. The van der Waals surface area contributed by atoms with Gasteiger partial charge in [-0.3, -0.25) is 19.0 Å². The summed E-state index contributed by atoms with van der Waals surface area (Å²) in [5.41, 5.74) is 0.738. The fourth-order valence-corrected chi connectivity index (χ4v) is 5.72. The Kier molecular flexibility index (Phi) is 6.22. The van der Waals surface area contributed by atoms with Gasteiger partial charge in [0.15, 0.2) is 0 Å². The van der Waals surface area contributed by atoms with Crippen molar-refractivity contribution in [3.63, 3.8) is 0 Å². The number of nitrogens with zero attached hydrogens (tertiary/aromatic N) is 3. The average Bonchev–Trinajstić information content (AvgIpc) is 2.89. The highest BCUT2D eigenvalue weighted by atomic mass is 32.1. The third-order valence-electron chi connectivity index (χ3n) is 6.16. The van der Waals surface area contributed by atoms with E-state index in [1.54, 1.807) is 0 Å². The maximum absolute atomic E-state index is 13.3. The second-order valence-electron chi connectivity index (χ2n) is 8.44. The summed E-state index contributed by atoms with van der Waals surface area (Å²) >= 11 is 1.34. The van der Waals surface area contributed by atoms with E-state index in [-0.39, 0.29) is 23.4 Å². The quantitative estimate of drug-likeness (QED) is 0.808. The molecule has 2 aromatic rings. The van der Waals surface area contributed by atoms with E-state index in [4.69, 9.17) is 4.98 Å². The first-order valence-electron chi connectivity index (χ1n) is 11.1. The first-order valence-corrected chi connectivity index (χ1v) is 11.9. The van der Waals surface area contributed by atoms with Gasteiger partial charge in [-0.2, -0.15) is 0 Å². The molecule has 4 rings (SSSR count). The summed E-state index contributed by atoms with van der Waals surface area (Å²) in [4.78, 5) is 46.3. The van der Waals surface area contributed by atoms with Crippen LogP contribution in [0.2, 0.25) is 0 Å². The molecule has 162 valence electrons. The highest BCUT2D eigenvalue weighted by Crippen LogP contribution is 2.30. The number of fused-ring (bicyclic) bond motifs is 2. The van der Waals surface area contributed by atoms with Gasteiger partial charge in [0.1, 0.15) is 10.7 Å². The maximum Gasteiger partial charge on any atom is 0.264 e. The molecule has 1 saturated heterocycles. The van der Waals surface area contributed by atoms with E-state index in [9.17, 15) is 14.4 Å². The molecule has 0 radical (unpaired) electrons. The number of rotatable bonds is 4. The normalized spacial score (nSPS) is 19.4. The van der Waals surface area contributed by atoms with Gasteiger partial charge in [0.2, 0.25) is 5.91 Å². The van der Waals surface area contributed by atoms with E-state index >= 15 is 0 Å². The molecule has 30 heavy (non-hydrogen) atoms. The van der Waals surface area contributed by atoms with Gasteiger partial charge in [-0.1, -0.05) is 13.3 Å². The third kappa shape index (κ3) is 4.02. The molecule has 1 atom stereocenters. The average molecular weight is 431 g/mol. The van der Waals surface area contributed by atoms with E-state index in [0.29, 0.717) is 41.1 Å². The topological polar surface area (TPSA) is 84.3 Å². The number of carbonyl (C=O) groups is 2. The van der Waals surface area contributed by atoms with E-state index in [0.717, 1.165) is 56.3 Å². The Morgan fingerprint density at radius 2 is 2.03 bits per heavy atom. The molecule has 0 aromatic carbocycles. The Balaban J connectivity index is 1.60. The molecule has 0 spiro atoms. The summed E-state index contributed by atoms with van der Waals surface area (Å²) in [7, 11) is 0. The number of aryl methyl sites for hydroxylation is 2. The number of hydrogen-bond donors (Lipinski definition) is 1. The van der Waals surface area contributed by atoms with Crippen LogP contribution in [-0.2, 0) is 17.8 Å². The second kappa shape index (κ2) is 8.88. The highest BCUT2D eigenvalue weighted by Gasteiger charge is 2.29. The summed E-state index contributed by atoms with van der Waals surface area (Å²) in [6.45, 7) is 5.75. The molecule has 2 aliphatic rings. The van der Waals surface area contributed by atoms with Crippen LogP contribution < -0.4 is 10.9 Å². The Hall–Kier alpha value is -2.22. The lowest BCUT2D eigenvalue weighted by atomic mass is 10.0. The molecule has 2 aliphatic heterocycles. The molecule has 0 aliphatic carbocycles. The summed E-state index contributed by atoms with van der Waals surface area (Å²) in [6, 6.07) is -0.00347. The monoisotopic (exact) mass is 430 g/mol. The largest absolute Gasteiger partial charge is 0.352 e. The van der Waals surface area contributed by atoms with Gasteiger partial charge >= 0.3 is 0 Å². The minimum atomic E-state index is -0.0514. The zero-order valence-electron chi connectivity index (χ0n) is 17.8. The number of thiophene rings is 1. The van der Waals surface area contributed by atoms with Crippen LogP contribution in [0.4, 0.5) is 0 Å². The van der Waals surface area contributed by atoms with Gasteiger partial charge in [-0.05, 0) is 44.6 Å². The fraction of sp³-hybridized carbons (Fsp3) is 0.636. The first-order chi connectivity index (χ1) is 14.5. The van der Waals surface area contributed by atoms with Gasteiger partial charge in [0, 0.05) is 38.5 Å². The Bertz CT molecular complexity index is 1030. The summed E-state index contributed by atoms with van der Waals surface area (Å²) in [5.74, 6) is 0.847. The van der Waals surface area contributed by atoms with Gasteiger partial charge in [-0.15, -0.1) is 11.3 Å². The zero-order chi connectivity index (χ0) is 21.3. The van der Waals surface area contributed by atoms with Crippen molar-refractivity contribution in [1.82, 2.24) is 19.8 Å². The number of likely N-dealkylation sites (tertiary alicyclic amines) is 1. The van der Waals surface area contributed by atoms with Gasteiger partial charge in [0.25, 0.3) is 11.5 Å². The molecular formula is C22H30N4O3S. The van der Waals surface area contributed by atoms with Crippen LogP contribution in [0.3, 0.4) is 0 Å². The van der Waals surface area contributed by atoms with Crippen LogP contribution in [0, 0.1) is 6.92 Å². The second-order valence-corrected chi connectivity index (χ2v) is 9.44. The van der Waals surface area contributed by atoms with Crippen molar-refractivity contribution in [2.45, 2.75) is 77.8 Å². The molecular weight excluding hydrogens is 400 g/mol. The summed E-state index contributed by atoms with van der Waals surface area (Å²) < 4.78 is 1.81. The molecule has 0 saturated carbocycles. The minimum absolute atomic E-state index is 0.00347. The molecule has 1 unspecified atom stereocenters. The Labute approximate surface area is 180 Å². The van der Waals surface area contributed by atoms with E-state index in [1.165, 1.54) is 11.3 Å². The third-order valence-corrected chi connectivity index (χ3v) is 7.33. The summed E-state index contributed by atoms with van der Waals surface area (Å²) in [6.07, 6.45) is 7.05. The molecule has 1 fully saturated rings. The number of aromatic nitrogens is 2. The number of amides is 2. The zero-order valence-corrected chi connectivity index (χ0v) is 18.6. The molecule has 0 bridgehead atoms. The van der Waals surface area contributed by atoms with Gasteiger partial charge in [0.05, 0.1) is 10.3 Å². The van der Waals surface area contributed by atoms with Crippen LogP contribution in [-0.4, -0.2) is 45.4 Å². The molecule has 8 heteroatoms. The molecule has 2 aromatic heterocycles. The standard InChI is InChI=1S/C22H30N4O3S/c1-3-8-17(27)23-15-9-7-11-25(13-15)22(29)19-14(2)18-20(30-19)24-16-10-5-4-6-12-26(16)21(18)28/h15H,3-13H2,1-2H3,(H,23,27). The van der Waals surface area contributed by atoms with Crippen molar-refractivity contribution < 1.29 is 9.59 Å². The van der Waals surface area contributed by atoms with E-state index in [1.807, 2.05) is 23.3 Å². The summed E-state index contributed by atoms with van der Waals surface area (Å²) in [5, 5.41) is 3.65. The lowest BCUT2D eigenvalue weighted by Crippen LogP contribution is -2.49. The number of carbonyl (C=O) groups excluding carboxylic acids is 2. The van der Waals surface area contributed by atoms with Crippen molar-refractivity contribution >= 4 is 33.4 Å². The SMILES string of the molecule is CCCC(=O)NC1CCCN(C(=O)c2sc3nc4n(c(=O)c3c2C)CCCCC4)C1. The Morgan fingerprint density at radius 1 is 1.20 bits per heavy atom. The van der Waals surface area contributed by atoms with Crippen LogP contribution in [0.5, 0.6) is 0 Å². The van der Waals surface area contributed by atoms with Crippen molar-refractivity contribution in [3.8, 4) is 0 Å². The van der Waals surface area contributed by atoms with Crippen LogP contribution in [0.1, 0.15) is 72.9 Å². The van der Waals surface area contributed by atoms with Crippen LogP contribution in [0.25, 0.3) is 10.2 Å². The predicted molar refractivity (Wildman–Crippen MR) is 118 cm³/mol. The lowest BCUT2D eigenvalue weighted by molar-refractivity contribution is -0.122. The smallest absolute Gasteiger partial charge is 0.264 e. The fourth-order valence-electron chi connectivity index (χ4n) is 4.56. The van der Waals surface area contributed by atoms with Crippen molar-refractivity contribution in [3.05, 3.63) is 26.6 Å². The number of nitrogens with one attached hydrogen (secondary N) is 1. The molecule has 4 heterocycles. The van der Waals surface area contributed by atoms with E-state index in [2.05, 4.69) is 5.32 Å². The van der Waals surface area contributed by atoms with E-state index < -0.39 is 0 Å². The number of piperidine rings is 1. The maximum atomic E-state index is 13.3. The Morgan fingerprint density at radius 3 is 2.83 bits per heavy atom. The van der Waals surface area contributed by atoms with Gasteiger partial charge in [-0.25, -0.2) is 4.98 Å². The molecule has 2 amide bonds.